The first-order chi connectivity index (χ1) is 22.4. The lowest BCUT2D eigenvalue weighted by molar-refractivity contribution is -0.116. The van der Waals surface area contributed by atoms with Gasteiger partial charge in [0, 0.05) is 16.1 Å². The maximum atomic E-state index is 13.6. The number of thiophene rings is 1. The van der Waals surface area contributed by atoms with Crippen molar-refractivity contribution >= 4 is 64.2 Å². The average molecular weight is 648 g/mol. The number of hydrogen-bond acceptors (Lipinski definition) is 7. The van der Waals surface area contributed by atoms with Crippen LogP contribution in [0.2, 0.25) is 0 Å². The van der Waals surface area contributed by atoms with Crippen molar-refractivity contribution in [2.45, 2.75) is 10.1 Å². The number of rotatable bonds is 11. The summed E-state index contributed by atoms with van der Waals surface area (Å²) >= 11 is 2.81. The van der Waals surface area contributed by atoms with E-state index < -0.39 is 23.0 Å². The van der Waals surface area contributed by atoms with Crippen LogP contribution in [0.1, 0.15) is 37.1 Å². The molecule has 3 amide bonds. The predicted octanol–water partition coefficient (Wildman–Crippen LogP) is 7.42. The SMILES string of the molecule is COC(=O)c1ccccc1NC(=O)C(Sc1ccc(NC(=O)/C(=C/c2ccsc2)NC(=O)c2ccccc2)cc1)c1ccccc1. The fraction of sp³-hybridized carbons (Fsp3) is 0.0556. The second-order valence-electron chi connectivity index (χ2n) is 9.85. The van der Waals surface area contributed by atoms with Crippen LogP contribution in [-0.4, -0.2) is 30.8 Å². The first-order valence-electron chi connectivity index (χ1n) is 14.1. The van der Waals surface area contributed by atoms with Gasteiger partial charge in [0.05, 0.1) is 18.4 Å². The van der Waals surface area contributed by atoms with Crippen LogP contribution in [0.15, 0.2) is 137 Å². The normalized spacial score (nSPS) is 11.6. The third-order valence-corrected chi connectivity index (χ3v) is 8.65. The third-order valence-electron chi connectivity index (χ3n) is 6.68. The van der Waals surface area contributed by atoms with Gasteiger partial charge in [0.1, 0.15) is 10.9 Å². The summed E-state index contributed by atoms with van der Waals surface area (Å²) in [4.78, 5) is 52.8. The number of benzene rings is 4. The molecular weight excluding hydrogens is 619 g/mol. The number of methoxy groups -OCH3 is 1. The molecule has 46 heavy (non-hydrogen) atoms. The summed E-state index contributed by atoms with van der Waals surface area (Å²) in [6.07, 6.45) is 1.62. The lowest BCUT2D eigenvalue weighted by atomic mass is 10.1. The van der Waals surface area contributed by atoms with Gasteiger partial charge in [-0.25, -0.2) is 4.79 Å². The van der Waals surface area contributed by atoms with Crippen molar-refractivity contribution in [2.75, 3.05) is 17.7 Å². The van der Waals surface area contributed by atoms with Crippen molar-refractivity contribution in [3.8, 4) is 0 Å². The van der Waals surface area contributed by atoms with Crippen molar-refractivity contribution in [3.05, 3.63) is 154 Å². The number of esters is 1. The Kier molecular flexibility index (Phi) is 10.8. The fourth-order valence-electron chi connectivity index (χ4n) is 4.40. The van der Waals surface area contributed by atoms with E-state index in [4.69, 9.17) is 4.74 Å². The summed E-state index contributed by atoms with van der Waals surface area (Å²) in [6.45, 7) is 0. The maximum Gasteiger partial charge on any atom is 0.339 e. The minimum Gasteiger partial charge on any atom is -0.465 e. The Balaban J connectivity index is 1.32. The number of amides is 3. The van der Waals surface area contributed by atoms with Crippen LogP contribution in [0.25, 0.3) is 6.08 Å². The summed E-state index contributed by atoms with van der Waals surface area (Å²) in [5.74, 6) is -1.75. The third kappa shape index (κ3) is 8.38. The summed E-state index contributed by atoms with van der Waals surface area (Å²) in [7, 11) is 1.29. The highest BCUT2D eigenvalue weighted by molar-refractivity contribution is 8.00. The van der Waals surface area contributed by atoms with Crippen molar-refractivity contribution < 1.29 is 23.9 Å². The van der Waals surface area contributed by atoms with E-state index in [1.807, 2.05) is 53.2 Å². The molecule has 0 fully saturated rings. The Labute approximate surface area is 274 Å². The first kappa shape index (κ1) is 32.0. The number of para-hydroxylation sites is 1. The zero-order chi connectivity index (χ0) is 32.3. The Morgan fingerprint density at radius 2 is 1.46 bits per heavy atom. The van der Waals surface area contributed by atoms with E-state index in [1.165, 1.54) is 30.2 Å². The topological polar surface area (TPSA) is 114 Å². The summed E-state index contributed by atoms with van der Waals surface area (Å²) in [5, 5.41) is 11.6. The Bertz CT molecular complexity index is 1840. The predicted molar refractivity (Wildman–Crippen MR) is 183 cm³/mol. The summed E-state index contributed by atoms with van der Waals surface area (Å²) < 4.78 is 4.87. The minimum absolute atomic E-state index is 0.0961. The molecule has 8 nitrogen and oxygen atoms in total. The Morgan fingerprint density at radius 3 is 2.13 bits per heavy atom. The molecule has 230 valence electrons. The minimum atomic E-state index is -0.652. The van der Waals surface area contributed by atoms with Crippen LogP contribution in [-0.2, 0) is 14.3 Å². The molecular formula is C36H29N3O5S2. The number of carbonyl (C=O) groups is 4. The Morgan fingerprint density at radius 1 is 0.783 bits per heavy atom. The molecule has 5 rings (SSSR count). The molecule has 0 radical (unpaired) electrons. The van der Waals surface area contributed by atoms with Crippen LogP contribution in [0.3, 0.4) is 0 Å². The summed E-state index contributed by atoms with van der Waals surface area (Å²) in [5.41, 5.74) is 3.20. The first-order valence-corrected chi connectivity index (χ1v) is 15.9. The van der Waals surface area contributed by atoms with Gasteiger partial charge in [0.15, 0.2) is 0 Å². The molecule has 0 spiro atoms. The zero-order valence-electron chi connectivity index (χ0n) is 24.6. The van der Waals surface area contributed by atoms with Crippen LogP contribution < -0.4 is 16.0 Å². The van der Waals surface area contributed by atoms with E-state index in [0.29, 0.717) is 16.9 Å². The highest BCUT2D eigenvalue weighted by Crippen LogP contribution is 2.37. The van der Waals surface area contributed by atoms with Gasteiger partial charge in [0.25, 0.3) is 11.8 Å². The van der Waals surface area contributed by atoms with Gasteiger partial charge in [-0.3, -0.25) is 14.4 Å². The second kappa shape index (κ2) is 15.5. The highest BCUT2D eigenvalue weighted by Gasteiger charge is 2.24. The molecule has 5 aromatic rings. The van der Waals surface area contributed by atoms with E-state index in [9.17, 15) is 19.2 Å². The molecule has 1 atom stereocenters. The number of hydrogen-bond donors (Lipinski definition) is 3. The van der Waals surface area contributed by atoms with Gasteiger partial charge in [-0.2, -0.15) is 11.3 Å². The molecule has 0 aliphatic carbocycles. The van der Waals surface area contributed by atoms with Gasteiger partial charge in [-0.05, 0) is 82.6 Å². The molecule has 0 aliphatic rings. The molecule has 1 heterocycles. The molecule has 0 saturated carbocycles. The van der Waals surface area contributed by atoms with Gasteiger partial charge < -0.3 is 20.7 Å². The summed E-state index contributed by atoms with van der Waals surface area (Å²) in [6, 6.07) is 33.6. The van der Waals surface area contributed by atoms with Crippen molar-refractivity contribution in [3.63, 3.8) is 0 Å². The van der Waals surface area contributed by atoms with Crippen LogP contribution in [0.5, 0.6) is 0 Å². The van der Waals surface area contributed by atoms with E-state index in [0.717, 1.165) is 16.0 Å². The molecule has 4 aromatic carbocycles. The molecule has 0 bridgehead atoms. The average Bonchev–Trinajstić information content (AvgIpc) is 3.61. The number of nitrogens with one attached hydrogen (secondary N) is 3. The lowest BCUT2D eigenvalue weighted by Gasteiger charge is -2.18. The maximum absolute atomic E-state index is 13.6. The van der Waals surface area contributed by atoms with Gasteiger partial charge in [-0.1, -0.05) is 60.7 Å². The van der Waals surface area contributed by atoms with E-state index in [-0.39, 0.29) is 17.2 Å². The van der Waals surface area contributed by atoms with Gasteiger partial charge in [-0.15, -0.1) is 11.8 Å². The lowest BCUT2D eigenvalue weighted by Crippen LogP contribution is -2.30. The van der Waals surface area contributed by atoms with Crippen LogP contribution in [0, 0.1) is 0 Å². The fourth-order valence-corrected chi connectivity index (χ4v) is 6.04. The number of anilines is 2. The number of thioether (sulfide) groups is 1. The molecule has 10 heteroatoms. The van der Waals surface area contributed by atoms with E-state index in [2.05, 4.69) is 16.0 Å². The van der Waals surface area contributed by atoms with Gasteiger partial charge in [0.2, 0.25) is 5.91 Å². The van der Waals surface area contributed by atoms with Gasteiger partial charge >= 0.3 is 5.97 Å². The Hall–Kier alpha value is -5.45. The van der Waals surface area contributed by atoms with Crippen molar-refractivity contribution in [2.24, 2.45) is 0 Å². The largest absolute Gasteiger partial charge is 0.465 e. The molecule has 3 N–H and O–H groups in total. The van der Waals surface area contributed by atoms with Crippen molar-refractivity contribution in [1.82, 2.24) is 5.32 Å². The quantitative estimate of drug-likeness (QED) is 0.0782. The van der Waals surface area contributed by atoms with E-state index >= 15 is 0 Å². The zero-order valence-corrected chi connectivity index (χ0v) is 26.3. The van der Waals surface area contributed by atoms with Crippen molar-refractivity contribution in [1.29, 1.82) is 0 Å². The monoisotopic (exact) mass is 647 g/mol. The van der Waals surface area contributed by atoms with Crippen LogP contribution >= 0.6 is 23.1 Å². The standard InChI is InChI=1S/C36H29N3O5S2/c1-44-36(43)29-14-8-9-15-30(29)38-35(42)32(25-10-4-2-5-11-25)46-28-18-16-27(17-19-28)37-34(41)31(22-24-20-21-45-23-24)39-33(40)26-12-6-3-7-13-26/h2-23,32H,1H3,(H,37,41)(H,38,42)(H,39,40)/b31-22-. The smallest absolute Gasteiger partial charge is 0.339 e. The molecule has 0 aliphatic heterocycles. The number of carbonyl (C=O) groups excluding carboxylic acids is 4. The van der Waals surface area contributed by atoms with Crippen LogP contribution in [0.4, 0.5) is 11.4 Å². The second-order valence-corrected chi connectivity index (χ2v) is 11.8. The molecule has 1 unspecified atom stereocenters. The van der Waals surface area contributed by atoms with E-state index in [1.54, 1.807) is 78.9 Å². The molecule has 1 aromatic heterocycles. The number of ether oxygens (including phenoxy) is 1. The highest BCUT2D eigenvalue weighted by atomic mass is 32.2. The molecule has 0 saturated heterocycles.